The van der Waals surface area contributed by atoms with E-state index in [1.54, 1.807) is 54.3 Å². The lowest BCUT2D eigenvalue weighted by atomic mass is 10.1. The Labute approximate surface area is 189 Å². The molecule has 3 aromatic carbocycles. The molecule has 0 aliphatic heterocycles. The molecule has 6 nitrogen and oxygen atoms in total. The van der Waals surface area contributed by atoms with Gasteiger partial charge in [-0.3, -0.25) is 4.79 Å². The quantitative estimate of drug-likeness (QED) is 0.414. The van der Waals surface area contributed by atoms with Gasteiger partial charge in [0.25, 0.3) is 5.91 Å². The molecule has 0 radical (unpaired) electrons. The van der Waals surface area contributed by atoms with Crippen LogP contribution >= 0.6 is 23.2 Å². The molecule has 0 aliphatic rings. The second-order valence-corrected chi connectivity index (χ2v) is 7.59. The van der Waals surface area contributed by atoms with Crippen molar-refractivity contribution in [3.63, 3.8) is 0 Å². The fourth-order valence-corrected chi connectivity index (χ4v) is 3.37. The summed E-state index contributed by atoms with van der Waals surface area (Å²) in [6, 6.07) is 19.7. The molecule has 0 saturated carbocycles. The van der Waals surface area contributed by atoms with Gasteiger partial charge in [-0.25, -0.2) is 9.67 Å². The second-order valence-electron chi connectivity index (χ2n) is 6.75. The minimum absolute atomic E-state index is 0.0205. The van der Waals surface area contributed by atoms with Crippen LogP contribution in [0.25, 0.3) is 17.1 Å². The highest BCUT2D eigenvalue weighted by Crippen LogP contribution is 2.28. The van der Waals surface area contributed by atoms with E-state index in [0.717, 1.165) is 16.8 Å². The SMILES string of the molecule is COc1cccc(NC(=O)c2nc(-c3ccc(Cl)cc3)n(-c3cccc(Cl)c3C)n2)c1. The number of hydrogen-bond donors (Lipinski definition) is 1. The molecule has 1 N–H and O–H groups in total. The van der Waals surface area contributed by atoms with Gasteiger partial charge < -0.3 is 10.1 Å². The topological polar surface area (TPSA) is 69.0 Å². The molecule has 0 aliphatic carbocycles. The molecule has 0 spiro atoms. The molecular weight excluding hydrogens is 435 g/mol. The van der Waals surface area contributed by atoms with E-state index in [0.29, 0.717) is 27.3 Å². The van der Waals surface area contributed by atoms with Crippen LogP contribution in [-0.2, 0) is 0 Å². The van der Waals surface area contributed by atoms with Gasteiger partial charge in [0.1, 0.15) is 5.75 Å². The Morgan fingerprint density at radius 1 is 1.03 bits per heavy atom. The average Bonchev–Trinajstić information content (AvgIpc) is 3.21. The summed E-state index contributed by atoms with van der Waals surface area (Å²) >= 11 is 12.4. The van der Waals surface area contributed by atoms with Gasteiger partial charge in [-0.1, -0.05) is 35.3 Å². The van der Waals surface area contributed by atoms with Gasteiger partial charge in [0.2, 0.25) is 5.82 Å². The molecule has 156 valence electrons. The Morgan fingerprint density at radius 2 is 1.77 bits per heavy atom. The number of anilines is 1. The Morgan fingerprint density at radius 3 is 2.52 bits per heavy atom. The highest BCUT2D eigenvalue weighted by Gasteiger charge is 2.20. The predicted molar refractivity (Wildman–Crippen MR) is 122 cm³/mol. The maximum Gasteiger partial charge on any atom is 0.295 e. The van der Waals surface area contributed by atoms with Crippen LogP contribution in [0.2, 0.25) is 10.0 Å². The zero-order valence-electron chi connectivity index (χ0n) is 16.8. The molecule has 4 aromatic rings. The van der Waals surface area contributed by atoms with Crippen LogP contribution in [0, 0.1) is 6.92 Å². The summed E-state index contributed by atoms with van der Waals surface area (Å²) < 4.78 is 6.82. The summed E-state index contributed by atoms with van der Waals surface area (Å²) in [6.45, 7) is 1.89. The second kappa shape index (κ2) is 8.79. The van der Waals surface area contributed by atoms with E-state index in [9.17, 15) is 4.79 Å². The molecule has 1 aromatic heterocycles. The number of benzene rings is 3. The van der Waals surface area contributed by atoms with Gasteiger partial charge in [0.15, 0.2) is 5.82 Å². The summed E-state index contributed by atoms with van der Waals surface area (Å²) in [5.41, 5.74) is 2.89. The molecule has 31 heavy (non-hydrogen) atoms. The van der Waals surface area contributed by atoms with Crippen molar-refractivity contribution >= 4 is 34.8 Å². The summed E-state index contributed by atoms with van der Waals surface area (Å²) in [7, 11) is 1.57. The molecule has 8 heteroatoms. The molecule has 4 rings (SSSR count). The third-order valence-corrected chi connectivity index (χ3v) is 5.37. The summed E-state index contributed by atoms with van der Waals surface area (Å²) in [5.74, 6) is 0.708. The van der Waals surface area contributed by atoms with Gasteiger partial charge in [0, 0.05) is 27.4 Å². The van der Waals surface area contributed by atoms with Crippen LogP contribution in [0.4, 0.5) is 5.69 Å². The minimum Gasteiger partial charge on any atom is -0.497 e. The van der Waals surface area contributed by atoms with E-state index in [4.69, 9.17) is 27.9 Å². The molecule has 0 saturated heterocycles. The Hall–Kier alpha value is -3.35. The van der Waals surface area contributed by atoms with Crippen LogP contribution in [0.15, 0.2) is 66.7 Å². The van der Waals surface area contributed by atoms with Crippen LogP contribution in [0.1, 0.15) is 16.2 Å². The number of nitrogens with one attached hydrogen (secondary N) is 1. The first-order valence-electron chi connectivity index (χ1n) is 9.40. The lowest BCUT2D eigenvalue weighted by Gasteiger charge is -2.10. The molecule has 0 bridgehead atoms. The van der Waals surface area contributed by atoms with Crippen molar-refractivity contribution in [1.82, 2.24) is 14.8 Å². The van der Waals surface area contributed by atoms with Crippen LogP contribution < -0.4 is 10.1 Å². The highest BCUT2D eigenvalue weighted by molar-refractivity contribution is 6.31. The number of aromatic nitrogens is 3. The van der Waals surface area contributed by atoms with Crippen molar-refractivity contribution in [2.75, 3.05) is 12.4 Å². The van der Waals surface area contributed by atoms with E-state index < -0.39 is 5.91 Å². The molecule has 1 amide bonds. The fraction of sp³-hybridized carbons (Fsp3) is 0.0870. The lowest BCUT2D eigenvalue weighted by molar-refractivity contribution is 0.101. The number of hydrogen-bond acceptors (Lipinski definition) is 4. The Balaban J connectivity index is 1.78. The van der Waals surface area contributed by atoms with Gasteiger partial charge >= 0.3 is 0 Å². The van der Waals surface area contributed by atoms with Crippen LogP contribution in [0.3, 0.4) is 0 Å². The van der Waals surface area contributed by atoms with Gasteiger partial charge in [-0.2, -0.15) is 0 Å². The van der Waals surface area contributed by atoms with E-state index >= 15 is 0 Å². The summed E-state index contributed by atoms with van der Waals surface area (Å²) in [6.07, 6.45) is 0. The average molecular weight is 453 g/mol. The zero-order valence-corrected chi connectivity index (χ0v) is 18.3. The number of methoxy groups -OCH3 is 1. The monoisotopic (exact) mass is 452 g/mol. The maximum absolute atomic E-state index is 12.9. The van der Waals surface area contributed by atoms with Gasteiger partial charge in [0.05, 0.1) is 12.8 Å². The number of ether oxygens (including phenoxy) is 1. The first-order valence-corrected chi connectivity index (χ1v) is 10.2. The third kappa shape index (κ3) is 4.40. The zero-order chi connectivity index (χ0) is 22.0. The van der Waals surface area contributed by atoms with Crippen molar-refractivity contribution in [2.24, 2.45) is 0 Å². The smallest absolute Gasteiger partial charge is 0.295 e. The molecule has 0 fully saturated rings. The van der Waals surface area contributed by atoms with Crippen LogP contribution in [0.5, 0.6) is 5.75 Å². The Kier molecular flexibility index (Phi) is 5.93. The number of carbonyl (C=O) groups is 1. The summed E-state index contributed by atoms with van der Waals surface area (Å²) in [4.78, 5) is 17.4. The number of carbonyl (C=O) groups excluding carboxylic acids is 1. The van der Waals surface area contributed by atoms with Crippen molar-refractivity contribution in [3.05, 3.63) is 88.2 Å². The minimum atomic E-state index is -0.443. The lowest BCUT2D eigenvalue weighted by Crippen LogP contribution is -2.14. The third-order valence-electron chi connectivity index (χ3n) is 4.71. The van der Waals surface area contributed by atoms with E-state index in [1.807, 2.05) is 31.2 Å². The van der Waals surface area contributed by atoms with Gasteiger partial charge in [-0.05, 0) is 61.0 Å². The number of amides is 1. The van der Waals surface area contributed by atoms with E-state index in [1.165, 1.54) is 0 Å². The van der Waals surface area contributed by atoms with Crippen molar-refractivity contribution in [2.45, 2.75) is 6.92 Å². The molecular formula is C23H18Cl2N4O2. The molecule has 0 atom stereocenters. The first-order chi connectivity index (χ1) is 15.0. The Bertz CT molecular complexity index is 1250. The molecule has 1 heterocycles. The highest BCUT2D eigenvalue weighted by atomic mass is 35.5. The van der Waals surface area contributed by atoms with E-state index in [-0.39, 0.29) is 5.82 Å². The number of rotatable bonds is 5. The van der Waals surface area contributed by atoms with Gasteiger partial charge in [-0.15, -0.1) is 5.10 Å². The first kappa shape index (κ1) is 20.9. The van der Waals surface area contributed by atoms with E-state index in [2.05, 4.69) is 15.4 Å². The molecule has 0 unspecified atom stereocenters. The number of halogens is 2. The van der Waals surface area contributed by atoms with Crippen molar-refractivity contribution in [3.8, 4) is 22.8 Å². The largest absolute Gasteiger partial charge is 0.497 e. The maximum atomic E-state index is 12.9. The number of nitrogens with zero attached hydrogens (tertiary/aromatic N) is 3. The summed E-state index contributed by atoms with van der Waals surface area (Å²) in [5, 5.41) is 8.49. The predicted octanol–water partition coefficient (Wildman–Crippen LogP) is 5.81. The standard InChI is InChI=1S/C23H18Cl2N4O2/c1-14-19(25)7-4-8-20(14)29-22(15-9-11-16(24)12-10-15)27-21(28-29)23(30)26-17-5-3-6-18(13-17)31-2/h3-13H,1-2H3,(H,26,30). The van der Waals surface area contributed by atoms with Crippen molar-refractivity contribution < 1.29 is 9.53 Å². The van der Waals surface area contributed by atoms with Crippen LogP contribution in [-0.4, -0.2) is 27.8 Å². The fourth-order valence-electron chi connectivity index (χ4n) is 3.08. The van der Waals surface area contributed by atoms with Crippen molar-refractivity contribution in [1.29, 1.82) is 0 Å². The normalized spacial score (nSPS) is 10.7.